The van der Waals surface area contributed by atoms with Gasteiger partial charge in [-0.25, -0.2) is 0 Å². The second-order valence-electron chi connectivity index (χ2n) is 8.66. The van der Waals surface area contributed by atoms with E-state index in [9.17, 15) is 4.79 Å². The van der Waals surface area contributed by atoms with Gasteiger partial charge in [-0.05, 0) is 44.6 Å². The zero-order valence-corrected chi connectivity index (χ0v) is 18.2. The van der Waals surface area contributed by atoms with Crippen molar-refractivity contribution in [3.8, 4) is 11.5 Å². The molecule has 4 rings (SSSR count). The number of carbonyl (C=O) groups excluding carboxylic acids is 1. The van der Waals surface area contributed by atoms with E-state index in [1.54, 1.807) is 14.2 Å². The highest BCUT2D eigenvalue weighted by molar-refractivity contribution is 5.80. The third-order valence-corrected chi connectivity index (χ3v) is 6.72. The number of likely N-dealkylation sites (tertiary alicyclic amines) is 1. The van der Waals surface area contributed by atoms with Crippen LogP contribution in [0, 0.1) is 0 Å². The Labute approximate surface area is 179 Å². The van der Waals surface area contributed by atoms with E-state index >= 15 is 0 Å². The molecular formula is C23H34N2O5. The van der Waals surface area contributed by atoms with Crippen LogP contribution in [0.2, 0.25) is 0 Å². The average molecular weight is 419 g/mol. The molecule has 166 valence electrons. The van der Waals surface area contributed by atoms with Crippen LogP contribution in [-0.4, -0.2) is 69.1 Å². The Bertz CT molecular complexity index is 726. The predicted octanol–water partition coefficient (Wildman–Crippen LogP) is 2.51. The minimum Gasteiger partial charge on any atom is -0.497 e. The number of methoxy groups -OCH3 is 2. The number of carbonyl (C=O) groups is 1. The van der Waals surface area contributed by atoms with Crippen LogP contribution in [0.15, 0.2) is 18.2 Å². The summed E-state index contributed by atoms with van der Waals surface area (Å²) in [5.41, 5.74) is 1.15. The maximum atomic E-state index is 12.2. The molecule has 30 heavy (non-hydrogen) atoms. The molecule has 0 saturated carbocycles. The van der Waals surface area contributed by atoms with E-state index in [1.165, 1.54) is 5.56 Å². The molecule has 0 unspecified atom stereocenters. The number of hydrogen-bond donors (Lipinski definition) is 1. The van der Waals surface area contributed by atoms with Gasteiger partial charge in [-0.1, -0.05) is 6.07 Å². The molecule has 3 heterocycles. The van der Waals surface area contributed by atoms with Crippen LogP contribution in [0.25, 0.3) is 0 Å². The number of piperidine rings is 1. The van der Waals surface area contributed by atoms with E-state index in [1.807, 2.05) is 12.1 Å². The van der Waals surface area contributed by atoms with E-state index in [0.29, 0.717) is 13.2 Å². The lowest BCUT2D eigenvalue weighted by Crippen LogP contribution is -2.45. The zero-order chi connectivity index (χ0) is 21.0. The van der Waals surface area contributed by atoms with Gasteiger partial charge >= 0.3 is 0 Å². The van der Waals surface area contributed by atoms with Gasteiger partial charge in [0, 0.05) is 44.4 Å². The van der Waals surface area contributed by atoms with E-state index in [4.69, 9.17) is 18.9 Å². The van der Waals surface area contributed by atoms with Gasteiger partial charge in [-0.15, -0.1) is 0 Å². The number of amides is 1. The number of rotatable bonds is 7. The molecule has 3 aliphatic rings. The second-order valence-corrected chi connectivity index (χ2v) is 8.66. The van der Waals surface area contributed by atoms with Gasteiger partial charge < -0.3 is 24.3 Å². The molecule has 0 aromatic heterocycles. The van der Waals surface area contributed by atoms with Crippen LogP contribution in [0.1, 0.15) is 44.1 Å². The first-order valence-electron chi connectivity index (χ1n) is 11.1. The monoisotopic (exact) mass is 418 g/mol. The van der Waals surface area contributed by atoms with Crippen molar-refractivity contribution in [2.24, 2.45) is 0 Å². The molecule has 3 aliphatic heterocycles. The van der Waals surface area contributed by atoms with Gasteiger partial charge in [-0.2, -0.15) is 0 Å². The second kappa shape index (κ2) is 9.54. The smallest absolute Gasteiger partial charge is 0.249 e. The summed E-state index contributed by atoms with van der Waals surface area (Å²) < 4.78 is 22.7. The van der Waals surface area contributed by atoms with Crippen LogP contribution < -0.4 is 14.8 Å². The van der Waals surface area contributed by atoms with E-state index in [2.05, 4.69) is 16.3 Å². The molecule has 7 nitrogen and oxygen atoms in total. The lowest BCUT2D eigenvalue weighted by molar-refractivity contribution is -0.131. The summed E-state index contributed by atoms with van der Waals surface area (Å²) in [7, 11) is 3.37. The van der Waals surface area contributed by atoms with Crippen molar-refractivity contribution in [1.29, 1.82) is 0 Å². The van der Waals surface area contributed by atoms with Crippen LogP contribution >= 0.6 is 0 Å². The fourth-order valence-corrected chi connectivity index (χ4v) is 4.86. The molecular weight excluding hydrogens is 384 g/mol. The highest BCUT2D eigenvalue weighted by Gasteiger charge is 2.42. The first kappa shape index (κ1) is 21.4. The molecule has 1 aromatic carbocycles. The Morgan fingerprint density at radius 2 is 2.03 bits per heavy atom. The Kier molecular flexibility index (Phi) is 6.80. The third-order valence-electron chi connectivity index (χ3n) is 6.72. The summed E-state index contributed by atoms with van der Waals surface area (Å²) in [6.45, 7) is 4.16. The SMILES string of the molecule is COc1ccc(CN2CCC3(CC[C@H](CNC(=O)[C@@H]4CCCO4)O3)CC2)c(OC)c1. The lowest BCUT2D eigenvalue weighted by Gasteiger charge is -2.39. The van der Waals surface area contributed by atoms with Crippen LogP contribution in [-0.2, 0) is 20.8 Å². The molecule has 0 bridgehead atoms. The molecule has 1 spiro atoms. The highest BCUT2D eigenvalue weighted by atomic mass is 16.5. The Hall–Kier alpha value is -1.83. The molecule has 2 atom stereocenters. The molecule has 1 aromatic rings. The van der Waals surface area contributed by atoms with E-state index in [0.717, 1.165) is 69.7 Å². The van der Waals surface area contributed by atoms with Crippen molar-refractivity contribution in [1.82, 2.24) is 10.2 Å². The maximum Gasteiger partial charge on any atom is 0.249 e. The summed E-state index contributed by atoms with van der Waals surface area (Å²) in [4.78, 5) is 14.6. The van der Waals surface area contributed by atoms with Gasteiger partial charge in [0.1, 0.15) is 17.6 Å². The summed E-state index contributed by atoms with van der Waals surface area (Å²) >= 11 is 0. The fraction of sp³-hybridized carbons (Fsp3) is 0.696. The number of ether oxygens (including phenoxy) is 4. The molecule has 7 heteroatoms. The maximum absolute atomic E-state index is 12.2. The normalized spacial score (nSPS) is 26.1. The molecule has 1 amide bonds. The topological polar surface area (TPSA) is 69.3 Å². The minimum atomic E-state index is -0.265. The van der Waals surface area contributed by atoms with Crippen LogP contribution in [0.5, 0.6) is 11.5 Å². The Balaban J connectivity index is 1.24. The van der Waals surface area contributed by atoms with Crippen LogP contribution in [0.3, 0.4) is 0 Å². The quantitative estimate of drug-likeness (QED) is 0.734. The first-order valence-corrected chi connectivity index (χ1v) is 11.1. The summed E-state index contributed by atoms with van der Waals surface area (Å²) in [6, 6.07) is 6.01. The van der Waals surface area contributed by atoms with Gasteiger partial charge in [0.05, 0.1) is 25.9 Å². The summed E-state index contributed by atoms with van der Waals surface area (Å²) in [5.74, 6) is 1.69. The zero-order valence-electron chi connectivity index (χ0n) is 18.2. The lowest BCUT2D eigenvalue weighted by atomic mass is 9.88. The van der Waals surface area contributed by atoms with Crippen molar-refractivity contribution >= 4 is 5.91 Å². The summed E-state index contributed by atoms with van der Waals surface area (Å²) in [6.07, 6.45) is 5.80. The van der Waals surface area contributed by atoms with Gasteiger partial charge in [0.25, 0.3) is 0 Å². The standard InChI is InChI=1S/C23H34N2O5/c1-27-18-6-5-17(21(14-18)28-2)16-25-11-9-23(10-12-25)8-7-19(30-23)15-24-22(26)20-4-3-13-29-20/h5-6,14,19-20H,3-4,7-13,15-16H2,1-2H3,(H,24,26)/t19-,20+/m1/s1. The third kappa shape index (κ3) is 4.90. The van der Waals surface area contributed by atoms with Crippen molar-refractivity contribution in [3.05, 3.63) is 23.8 Å². The van der Waals surface area contributed by atoms with Crippen molar-refractivity contribution in [2.45, 2.75) is 62.9 Å². The van der Waals surface area contributed by atoms with Crippen molar-refractivity contribution in [3.63, 3.8) is 0 Å². The summed E-state index contributed by atoms with van der Waals surface area (Å²) in [5, 5.41) is 3.03. The predicted molar refractivity (Wildman–Crippen MR) is 113 cm³/mol. The molecule has 3 saturated heterocycles. The number of hydrogen-bond acceptors (Lipinski definition) is 6. The number of benzene rings is 1. The first-order chi connectivity index (χ1) is 14.6. The highest BCUT2D eigenvalue weighted by Crippen LogP contribution is 2.39. The number of nitrogens with zero attached hydrogens (tertiary/aromatic N) is 1. The Morgan fingerprint density at radius 1 is 1.20 bits per heavy atom. The molecule has 3 fully saturated rings. The fourth-order valence-electron chi connectivity index (χ4n) is 4.86. The van der Waals surface area contributed by atoms with Gasteiger partial charge in [-0.3, -0.25) is 9.69 Å². The van der Waals surface area contributed by atoms with Crippen molar-refractivity contribution < 1.29 is 23.7 Å². The largest absolute Gasteiger partial charge is 0.497 e. The average Bonchev–Trinajstić information content (AvgIpc) is 3.45. The Morgan fingerprint density at radius 3 is 2.73 bits per heavy atom. The van der Waals surface area contributed by atoms with E-state index in [-0.39, 0.29) is 23.7 Å². The molecule has 0 aliphatic carbocycles. The van der Waals surface area contributed by atoms with E-state index < -0.39 is 0 Å². The number of nitrogens with one attached hydrogen (secondary N) is 1. The molecule has 1 N–H and O–H groups in total. The molecule has 0 radical (unpaired) electrons. The van der Waals surface area contributed by atoms with Crippen LogP contribution in [0.4, 0.5) is 0 Å². The van der Waals surface area contributed by atoms with Gasteiger partial charge in [0.2, 0.25) is 5.91 Å². The van der Waals surface area contributed by atoms with Gasteiger partial charge in [0.15, 0.2) is 0 Å². The minimum absolute atomic E-state index is 0.0142. The van der Waals surface area contributed by atoms with Crippen molar-refractivity contribution in [2.75, 3.05) is 40.5 Å².